The first kappa shape index (κ1) is 9.14. The van der Waals surface area contributed by atoms with Crippen LogP contribution in [0.4, 0.5) is 4.39 Å². The highest BCUT2D eigenvalue weighted by Crippen LogP contribution is 2.28. The van der Waals surface area contributed by atoms with Crippen molar-refractivity contribution in [2.24, 2.45) is 0 Å². The van der Waals surface area contributed by atoms with E-state index in [1.807, 2.05) is 0 Å². The summed E-state index contributed by atoms with van der Waals surface area (Å²) in [5.74, 6) is -1.98. The van der Waals surface area contributed by atoms with Gasteiger partial charge in [0.1, 0.15) is 5.82 Å². The Morgan fingerprint density at radius 3 is 2.93 bits per heavy atom. The molecule has 0 aliphatic carbocycles. The van der Waals surface area contributed by atoms with E-state index in [4.69, 9.17) is 9.63 Å². The first-order chi connectivity index (χ1) is 6.61. The van der Waals surface area contributed by atoms with Crippen molar-refractivity contribution in [3.05, 3.63) is 28.1 Å². The van der Waals surface area contributed by atoms with E-state index >= 15 is 0 Å². The summed E-state index contributed by atoms with van der Waals surface area (Å²) in [7, 11) is 0. The fourth-order valence-corrected chi connectivity index (χ4v) is 1.53. The Morgan fingerprint density at radius 1 is 1.57 bits per heavy atom. The summed E-state index contributed by atoms with van der Waals surface area (Å²) in [6, 6.07) is 2.57. The fourth-order valence-electron chi connectivity index (χ4n) is 1.13. The molecule has 14 heavy (non-hydrogen) atoms. The summed E-state index contributed by atoms with van der Waals surface area (Å²) in [5.41, 5.74) is -0.318. The summed E-state index contributed by atoms with van der Waals surface area (Å²) in [4.78, 5) is 10.6. The zero-order valence-electron chi connectivity index (χ0n) is 6.62. The lowest BCUT2D eigenvalue weighted by Gasteiger charge is -1.93. The number of fused-ring (bicyclic) bond motifs is 1. The number of hydrogen-bond donors (Lipinski definition) is 1. The quantitative estimate of drug-likeness (QED) is 0.855. The minimum atomic E-state index is -1.32. The van der Waals surface area contributed by atoms with Crippen LogP contribution in [-0.4, -0.2) is 16.2 Å². The van der Waals surface area contributed by atoms with Crippen LogP contribution in [0.15, 0.2) is 21.1 Å². The van der Waals surface area contributed by atoms with Crippen LogP contribution in [0.3, 0.4) is 0 Å². The second-order valence-corrected chi connectivity index (χ2v) is 3.42. The number of rotatable bonds is 1. The number of aromatic nitrogens is 1. The molecule has 72 valence electrons. The second kappa shape index (κ2) is 3.06. The summed E-state index contributed by atoms with van der Waals surface area (Å²) in [5, 5.41) is 11.8. The standard InChI is InChI=1S/C8H3BrFNO3/c9-3-1-2-4(10)5-6(8(12)13)11-14-7(3)5/h1-2H,(H,12,13). The SMILES string of the molecule is O=C(O)c1noc2c(Br)ccc(F)c12. The zero-order chi connectivity index (χ0) is 10.3. The Bertz CT molecular complexity index is 523. The maximum Gasteiger partial charge on any atom is 0.358 e. The van der Waals surface area contributed by atoms with Crippen LogP contribution in [-0.2, 0) is 0 Å². The smallest absolute Gasteiger partial charge is 0.358 e. The number of carbonyl (C=O) groups is 1. The lowest BCUT2D eigenvalue weighted by atomic mass is 10.2. The molecular weight excluding hydrogens is 257 g/mol. The second-order valence-electron chi connectivity index (χ2n) is 2.57. The monoisotopic (exact) mass is 259 g/mol. The number of hydrogen-bond acceptors (Lipinski definition) is 3. The van der Waals surface area contributed by atoms with Crippen LogP contribution in [0.2, 0.25) is 0 Å². The van der Waals surface area contributed by atoms with Crippen molar-refractivity contribution in [1.82, 2.24) is 5.16 Å². The maximum absolute atomic E-state index is 13.2. The van der Waals surface area contributed by atoms with Crippen molar-refractivity contribution in [3.63, 3.8) is 0 Å². The summed E-state index contributed by atoms with van der Waals surface area (Å²) < 4.78 is 18.4. The maximum atomic E-state index is 13.2. The van der Waals surface area contributed by atoms with E-state index in [1.165, 1.54) is 6.07 Å². The van der Waals surface area contributed by atoms with Gasteiger partial charge in [-0.3, -0.25) is 0 Å². The van der Waals surface area contributed by atoms with Gasteiger partial charge in [-0.2, -0.15) is 0 Å². The van der Waals surface area contributed by atoms with Crippen molar-refractivity contribution in [2.75, 3.05) is 0 Å². The first-order valence-corrected chi connectivity index (χ1v) is 4.37. The molecule has 0 saturated carbocycles. The highest BCUT2D eigenvalue weighted by atomic mass is 79.9. The fraction of sp³-hybridized carbons (Fsp3) is 0. The third-order valence-corrected chi connectivity index (χ3v) is 2.35. The van der Waals surface area contributed by atoms with Crippen molar-refractivity contribution in [2.45, 2.75) is 0 Å². The van der Waals surface area contributed by atoms with Gasteiger partial charge in [0, 0.05) is 0 Å². The van der Waals surface area contributed by atoms with Crippen LogP contribution >= 0.6 is 15.9 Å². The molecule has 2 aromatic rings. The van der Waals surface area contributed by atoms with Crippen LogP contribution in [0.1, 0.15) is 10.5 Å². The van der Waals surface area contributed by atoms with Crippen molar-refractivity contribution in [3.8, 4) is 0 Å². The van der Waals surface area contributed by atoms with E-state index in [-0.39, 0.29) is 11.0 Å². The number of aromatic carboxylic acids is 1. The number of carboxylic acid groups (broad SMARTS) is 1. The van der Waals surface area contributed by atoms with Gasteiger partial charge in [0.25, 0.3) is 0 Å². The van der Waals surface area contributed by atoms with E-state index in [0.717, 1.165) is 6.07 Å². The summed E-state index contributed by atoms with van der Waals surface area (Å²) in [6.07, 6.45) is 0. The molecule has 1 N–H and O–H groups in total. The molecule has 0 bridgehead atoms. The van der Waals surface area contributed by atoms with Gasteiger partial charge in [0.2, 0.25) is 5.69 Å². The van der Waals surface area contributed by atoms with E-state index in [1.54, 1.807) is 0 Å². The third kappa shape index (κ3) is 1.19. The molecule has 4 nitrogen and oxygen atoms in total. The Hall–Kier alpha value is -1.43. The average Bonchev–Trinajstić information content (AvgIpc) is 2.56. The van der Waals surface area contributed by atoms with Gasteiger partial charge >= 0.3 is 5.97 Å². The normalized spacial score (nSPS) is 10.7. The Morgan fingerprint density at radius 2 is 2.29 bits per heavy atom. The molecule has 0 saturated heterocycles. The number of carboxylic acids is 1. The van der Waals surface area contributed by atoms with Crippen LogP contribution in [0, 0.1) is 5.82 Å². The minimum Gasteiger partial charge on any atom is -0.476 e. The first-order valence-electron chi connectivity index (χ1n) is 3.58. The number of benzene rings is 1. The van der Waals surface area contributed by atoms with Gasteiger partial charge in [-0.15, -0.1) is 0 Å². The van der Waals surface area contributed by atoms with Gasteiger partial charge in [-0.1, -0.05) is 5.16 Å². The summed E-state index contributed by atoms with van der Waals surface area (Å²) in [6.45, 7) is 0. The topological polar surface area (TPSA) is 63.3 Å². The Kier molecular flexibility index (Phi) is 1.99. The number of nitrogens with zero attached hydrogens (tertiary/aromatic N) is 1. The highest BCUT2D eigenvalue weighted by molar-refractivity contribution is 9.10. The molecular formula is C8H3BrFNO3. The van der Waals surface area contributed by atoms with Gasteiger partial charge in [0.15, 0.2) is 5.58 Å². The molecule has 1 aromatic heterocycles. The Labute approximate surface area is 85.4 Å². The Balaban J connectivity index is 2.90. The lowest BCUT2D eigenvalue weighted by molar-refractivity contribution is 0.0687. The molecule has 0 atom stereocenters. The van der Waals surface area contributed by atoms with Gasteiger partial charge < -0.3 is 9.63 Å². The van der Waals surface area contributed by atoms with Crippen LogP contribution in [0.25, 0.3) is 11.0 Å². The zero-order valence-corrected chi connectivity index (χ0v) is 8.21. The van der Waals surface area contributed by atoms with Crippen molar-refractivity contribution < 1.29 is 18.8 Å². The van der Waals surface area contributed by atoms with Crippen molar-refractivity contribution in [1.29, 1.82) is 0 Å². The highest BCUT2D eigenvalue weighted by Gasteiger charge is 2.20. The van der Waals surface area contributed by atoms with E-state index in [0.29, 0.717) is 4.47 Å². The molecule has 0 amide bonds. The van der Waals surface area contributed by atoms with Gasteiger partial charge in [0.05, 0.1) is 9.86 Å². The molecule has 0 aliphatic rings. The van der Waals surface area contributed by atoms with Gasteiger partial charge in [-0.25, -0.2) is 9.18 Å². The molecule has 1 aromatic carbocycles. The molecule has 0 spiro atoms. The predicted molar refractivity (Wildman–Crippen MR) is 48.6 cm³/mol. The molecule has 0 radical (unpaired) electrons. The molecule has 6 heteroatoms. The minimum absolute atomic E-state index is 0.0994. The lowest BCUT2D eigenvalue weighted by Crippen LogP contribution is -1.97. The van der Waals surface area contributed by atoms with E-state index in [2.05, 4.69) is 21.1 Å². The predicted octanol–water partition coefficient (Wildman–Crippen LogP) is 2.43. The van der Waals surface area contributed by atoms with Crippen molar-refractivity contribution >= 4 is 32.9 Å². The molecule has 0 aliphatic heterocycles. The summed E-state index contributed by atoms with van der Waals surface area (Å²) >= 11 is 3.10. The van der Waals surface area contributed by atoms with E-state index in [9.17, 15) is 9.18 Å². The average molecular weight is 260 g/mol. The molecule has 2 rings (SSSR count). The molecule has 0 unspecified atom stereocenters. The third-order valence-electron chi connectivity index (χ3n) is 1.73. The van der Waals surface area contributed by atoms with Gasteiger partial charge in [-0.05, 0) is 28.1 Å². The molecule has 1 heterocycles. The largest absolute Gasteiger partial charge is 0.476 e. The van der Waals surface area contributed by atoms with Crippen LogP contribution in [0.5, 0.6) is 0 Å². The molecule has 0 fully saturated rings. The number of halogens is 2. The van der Waals surface area contributed by atoms with Crippen LogP contribution < -0.4 is 0 Å². The van der Waals surface area contributed by atoms with E-state index < -0.39 is 17.5 Å².